The van der Waals surface area contributed by atoms with Gasteiger partial charge in [-0.25, -0.2) is 18.1 Å². The molecule has 0 saturated carbocycles. The number of halogens is 3. The van der Waals surface area contributed by atoms with E-state index in [2.05, 4.69) is 10.3 Å². The van der Waals surface area contributed by atoms with Crippen LogP contribution in [0.5, 0.6) is 0 Å². The summed E-state index contributed by atoms with van der Waals surface area (Å²) in [6.45, 7) is -0.342. The fourth-order valence-electron chi connectivity index (χ4n) is 1.78. The first-order valence-corrected chi connectivity index (χ1v) is 8.91. The van der Waals surface area contributed by atoms with E-state index in [0.29, 0.717) is 11.2 Å². The summed E-state index contributed by atoms with van der Waals surface area (Å²) in [5.41, 5.74) is -1.26. The van der Waals surface area contributed by atoms with E-state index in [9.17, 15) is 26.4 Å². The summed E-state index contributed by atoms with van der Waals surface area (Å²) in [6, 6.07) is 3.84. The van der Waals surface area contributed by atoms with Crippen molar-refractivity contribution in [1.29, 1.82) is 0 Å². The van der Waals surface area contributed by atoms with Crippen LogP contribution in [-0.2, 0) is 21.0 Å². The summed E-state index contributed by atoms with van der Waals surface area (Å²) in [7, 11) is -4.39. The number of hydrogen-bond donors (Lipinski definition) is 2. The predicted octanol–water partition coefficient (Wildman–Crippen LogP) is 2.47. The van der Waals surface area contributed by atoms with Crippen LogP contribution in [-0.4, -0.2) is 25.9 Å². The van der Waals surface area contributed by atoms with E-state index in [-0.39, 0.29) is 13.0 Å². The molecule has 0 atom stereocenters. The average Bonchev–Trinajstić information content (AvgIpc) is 2.99. The first-order chi connectivity index (χ1) is 11.2. The molecule has 2 N–H and O–H groups in total. The fraction of sp³-hybridized carbons (Fsp3) is 0.231. The third-order valence-corrected chi connectivity index (χ3v) is 5.01. The topological polar surface area (TPSA) is 88.2 Å². The molecule has 2 rings (SSSR count). The van der Waals surface area contributed by atoms with Gasteiger partial charge in [0.25, 0.3) is 0 Å². The molecule has 0 fully saturated rings. The number of thiazole rings is 1. The summed E-state index contributed by atoms with van der Waals surface area (Å²) >= 11 is 1.19. The molecule has 0 bridgehead atoms. The lowest BCUT2D eigenvalue weighted by atomic mass is 10.2. The van der Waals surface area contributed by atoms with Crippen molar-refractivity contribution in [3.63, 3.8) is 0 Å². The molecule has 0 unspecified atom stereocenters. The predicted molar refractivity (Wildman–Crippen MR) is 82.0 cm³/mol. The van der Waals surface area contributed by atoms with Gasteiger partial charge in [0.15, 0.2) is 5.13 Å². The van der Waals surface area contributed by atoms with Gasteiger partial charge < -0.3 is 5.32 Å². The smallest absolute Gasteiger partial charge is 0.302 e. The van der Waals surface area contributed by atoms with Crippen molar-refractivity contribution in [2.24, 2.45) is 0 Å². The maximum Gasteiger partial charge on any atom is 0.417 e. The summed E-state index contributed by atoms with van der Waals surface area (Å²) in [6.07, 6.45) is -3.56. The van der Waals surface area contributed by atoms with Gasteiger partial charge in [0.1, 0.15) is 0 Å². The Hall–Kier alpha value is -1.98. The third-order valence-electron chi connectivity index (χ3n) is 2.80. The van der Waals surface area contributed by atoms with Crippen molar-refractivity contribution < 1.29 is 26.4 Å². The van der Waals surface area contributed by atoms with E-state index in [4.69, 9.17) is 0 Å². The van der Waals surface area contributed by atoms with Gasteiger partial charge in [0, 0.05) is 24.5 Å². The van der Waals surface area contributed by atoms with E-state index in [1.165, 1.54) is 23.6 Å². The minimum atomic E-state index is -4.80. The van der Waals surface area contributed by atoms with Crippen LogP contribution in [0, 0.1) is 0 Å². The Morgan fingerprint density at radius 2 is 1.96 bits per heavy atom. The van der Waals surface area contributed by atoms with Crippen molar-refractivity contribution in [1.82, 2.24) is 9.71 Å². The van der Waals surface area contributed by atoms with Gasteiger partial charge in [-0.2, -0.15) is 13.2 Å². The second-order valence-corrected chi connectivity index (χ2v) is 7.16. The first-order valence-electron chi connectivity index (χ1n) is 6.55. The van der Waals surface area contributed by atoms with Gasteiger partial charge in [-0.15, -0.1) is 11.3 Å². The van der Waals surface area contributed by atoms with Crippen molar-refractivity contribution in [3.8, 4) is 0 Å². The zero-order valence-electron chi connectivity index (χ0n) is 12.0. The second kappa shape index (κ2) is 7.28. The van der Waals surface area contributed by atoms with E-state index >= 15 is 0 Å². The molecule has 0 saturated heterocycles. The van der Waals surface area contributed by atoms with Gasteiger partial charge in [0.2, 0.25) is 15.9 Å². The maximum absolute atomic E-state index is 12.9. The lowest BCUT2D eigenvalue weighted by Gasteiger charge is -2.13. The molecule has 1 amide bonds. The number of amides is 1. The summed E-state index contributed by atoms with van der Waals surface area (Å²) in [4.78, 5) is 14.5. The van der Waals surface area contributed by atoms with Crippen LogP contribution >= 0.6 is 11.3 Å². The maximum atomic E-state index is 12.9. The number of alkyl halides is 3. The van der Waals surface area contributed by atoms with Crippen LogP contribution in [0.2, 0.25) is 0 Å². The molecule has 130 valence electrons. The Kier molecular flexibility index (Phi) is 5.57. The first kappa shape index (κ1) is 18.4. The lowest BCUT2D eigenvalue weighted by Crippen LogP contribution is -2.29. The average molecular weight is 379 g/mol. The Morgan fingerprint density at radius 1 is 1.25 bits per heavy atom. The number of aromatic nitrogens is 1. The van der Waals surface area contributed by atoms with Crippen LogP contribution < -0.4 is 10.0 Å². The highest BCUT2D eigenvalue weighted by atomic mass is 32.2. The minimum absolute atomic E-state index is 0.243. The molecule has 0 spiro atoms. The molecule has 11 heteroatoms. The van der Waals surface area contributed by atoms with Gasteiger partial charge in [-0.1, -0.05) is 12.1 Å². The number of benzene rings is 1. The van der Waals surface area contributed by atoms with E-state index in [1.54, 1.807) is 5.38 Å². The van der Waals surface area contributed by atoms with Crippen LogP contribution in [0.4, 0.5) is 18.3 Å². The van der Waals surface area contributed by atoms with Crippen LogP contribution in [0.3, 0.4) is 0 Å². The van der Waals surface area contributed by atoms with Crippen LogP contribution in [0.25, 0.3) is 0 Å². The highest BCUT2D eigenvalue weighted by Crippen LogP contribution is 2.33. The highest BCUT2D eigenvalue weighted by molar-refractivity contribution is 7.89. The molecule has 0 radical (unpaired) electrons. The molecule has 0 aliphatic carbocycles. The third kappa shape index (κ3) is 4.76. The van der Waals surface area contributed by atoms with Crippen molar-refractivity contribution in [3.05, 3.63) is 41.4 Å². The number of carbonyl (C=O) groups excluding carboxylic acids is 1. The van der Waals surface area contributed by atoms with Crippen LogP contribution in [0.1, 0.15) is 12.0 Å². The molecule has 0 aliphatic heterocycles. The number of rotatable bonds is 6. The van der Waals surface area contributed by atoms with Crippen molar-refractivity contribution in [2.45, 2.75) is 17.5 Å². The largest absolute Gasteiger partial charge is 0.417 e. The van der Waals surface area contributed by atoms with Crippen molar-refractivity contribution in [2.75, 3.05) is 11.9 Å². The fourth-order valence-corrected chi connectivity index (χ4v) is 3.58. The Balaban J connectivity index is 2.01. The van der Waals surface area contributed by atoms with Gasteiger partial charge >= 0.3 is 6.18 Å². The molecule has 1 aromatic carbocycles. The van der Waals surface area contributed by atoms with E-state index in [1.807, 2.05) is 4.72 Å². The normalized spacial score (nSPS) is 12.1. The van der Waals surface area contributed by atoms with Gasteiger partial charge in [0.05, 0.1) is 10.5 Å². The Labute approximate surface area is 139 Å². The SMILES string of the molecule is O=C(CCNS(=O)(=O)c1ccccc1C(F)(F)F)Nc1nccs1. The second-order valence-electron chi connectivity index (χ2n) is 4.53. The number of sulfonamides is 1. The molecule has 6 nitrogen and oxygen atoms in total. The summed E-state index contributed by atoms with van der Waals surface area (Å²) in [5.74, 6) is -0.503. The standard InChI is InChI=1S/C13H12F3N3O3S2/c14-13(15,16)9-3-1-2-4-10(9)24(21,22)18-6-5-11(20)19-12-17-7-8-23-12/h1-4,7-8,18H,5-6H2,(H,17,19,20). The minimum Gasteiger partial charge on any atom is -0.302 e. The number of nitrogens with zero attached hydrogens (tertiary/aromatic N) is 1. The van der Waals surface area contributed by atoms with E-state index in [0.717, 1.165) is 12.1 Å². The molecular formula is C13H12F3N3O3S2. The summed E-state index contributed by atoms with van der Waals surface area (Å²) < 4.78 is 64.7. The van der Waals surface area contributed by atoms with Gasteiger partial charge in [-0.05, 0) is 12.1 Å². The quantitative estimate of drug-likeness (QED) is 0.807. The number of hydrogen-bond acceptors (Lipinski definition) is 5. The molecule has 24 heavy (non-hydrogen) atoms. The summed E-state index contributed by atoms with van der Waals surface area (Å²) in [5, 5.41) is 4.43. The van der Waals surface area contributed by atoms with Gasteiger partial charge in [-0.3, -0.25) is 4.79 Å². The van der Waals surface area contributed by atoms with E-state index < -0.39 is 32.6 Å². The number of nitrogens with one attached hydrogen (secondary N) is 2. The molecule has 1 aromatic heterocycles. The number of carbonyl (C=O) groups is 1. The Bertz CT molecular complexity index is 805. The zero-order chi connectivity index (χ0) is 17.8. The number of anilines is 1. The molecular weight excluding hydrogens is 367 g/mol. The molecule has 1 heterocycles. The van der Waals surface area contributed by atoms with Crippen LogP contribution in [0.15, 0.2) is 40.7 Å². The van der Waals surface area contributed by atoms with Crippen molar-refractivity contribution >= 4 is 32.4 Å². The lowest BCUT2D eigenvalue weighted by molar-refractivity contribution is -0.139. The molecule has 0 aliphatic rings. The monoisotopic (exact) mass is 379 g/mol. The Morgan fingerprint density at radius 3 is 2.58 bits per heavy atom. The zero-order valence-corrected chi connectivity index (χ0v) is 13.6. The highest BCUT2D eigenvalue weighted by Gasteiger charge is 2.36. The molecule has 2 aromatic rings.